The maximum absolute atomic E-state index is 12.7. The van der Waals surface area contributed by atoms with E-state index in [4.69, 9.17) is 0 Å². The summed E-state index contributed by atoms with van der Waals surface area (Å²) in [7, 11) is 1.76. The van der Waals surface area contributed by atoms with Crippen molar-refractivity contribution in [1.82, 2.24) is 9.55 Å². The summed E-state index contributed by atoms with van der Waals surface area (Å²) in [6.07, 6.45) is -1.06. The normalized spacial score (nSPS) is 11.6. The molecule has 1 aromatic heterocycles. The van der Waals surface area contributed by atoms with E-state index in [1.807, 2.05) is 0 Å². The van der Waals surface area contributed by atoms with Crippen molar-refractivity contribution < 1.29 is 13.2 Å². The summed E-state index contributed by atoms with van der Waals surface area (Å²) in [5.41, 5.74) is -0.0724. The zero-order valence-corrected chi connectivity index (χ0v) is 9.92. The molecule has 2 rings (SSSR count). The second kappa shape index (κ2) is 4.36. The molecule has 0 atom stereocenters. The Morgan fingerprint density at radius 1 is 1.28 bits per heavy atom. The maximum Gasteiger partial charge on any atom is 0.416 e. The van der Waals surface area contributed by atoms with E-state index >= 15 is 0 Å². The third-order valence-corrected chi connectivity index (χ3v) is 2.62. The second-order valence-electron chi connectivity index (χ2n) is 4.01. The van der Waals surface area contributed by atoms with Crippen LogP contribution in [0.25, 0.3) is 0 Å². The summed E-state index contributed by atoms with van der Waals surface area (Å²) in [4.78, 5) is 4.00. The number of nitrogens with zero attached hydrogens (tertiary/aromatic N) is 2. The van der Waals surface area contributed by atoms with Crippen molar-refractivity contribution in [3.8, 4) is 0 Å². The van der Waals surface area contributed by atoms with Gasteiger partial charge in [0, 0.05) is 25.1 Å². The average Bonchev–Trinajstić information content (AvgIpc) is 2.66. The van der Waals surface area contributed by atoms with Gasteiger partial charge in [0.1, 0.15) is 0 Å². The summed E-state index contributed by atoms with van der Waals surface area (Å²) in [6.45, 7) is 1.44. The first kappa shape index (κ1) is 12.5. The van der Waals surface area contributed by atoms with E-state index in [1.54, 1.807) is 30.1 Å². The van der Waals surface area contributed by atoms with Crippen molar-refractivity contribution in [2.75, 3.05) is 5.32 Å². The smallest absolute Gasteiger partial charge is 0.326 e. The average molecular weight is 255 g/mol. The van der Waals surface area contributed by atoms with Crippen molar-refractivity contribution in [2.45, 2.75) is 13.1 Å². The van der Waals surface area contributed by atoms with Crippen LogP contribution in [-0.2, 0) is 13.2 Å². The summed E-state index contributed by atoms with van der Waals surface area (Å²) in [6, 6.07) is 4.12. The van der Waals surface area contributed by atoms with Crippen molar-refractivity contribution in [3.05, 3.63) is 41.7 Å². The lowest BCUT2D eigenvalue weighted by Crippen LogP contribution is -2.08. The van der Waals surface area contributed by atoms with Crippen LogP contribution in [0.4, 0.5) is 24.8 Å². The van der Waals surface area contributed by atoms with Crippen LogP contribution in [0.2, 0.25) is 0 Å². The van der Waals surface area contributed by atoms with Gasteiger partial charge in [0.2, 0.25) is 5.95 Å². The van der Waals surface area contributed by atoms with Crippen LogP contribution in [0.15, 0.2) is 30.6 Å². The van der Waals surface area contributed by atoms with Gasteiger partial charge in [-0.2, -0.15) is 13.2 Å². The highest BCUT2D eigenvalue weighted by molar-refractivity contribution is 5.56. The van der Waals surface area contributed by atoms with Gasteiger partial charge in [-0.25, -0.2) is 4.98 Å². The Labute approximate surface area is 102 Å². The van der Waals surface area contributed by atoms with E-state index in [-0.39, 0.29) is 5.56 Å². The van der Waals surface area contributed by atoms with Crippen molar-refractivity contribution >= 4 is 11.6 Å². The van der Waals surface area contributed by atoms with Crippen LogP contribution in [0.5, 0.6) is 0 Å². The van der Waals surface area contributed by atoms with Gasteiger partial charge in [0.05, 0.1) is 5.56 Å². The van der Waals surface area contributed by atoms with Crippen molar-refractivity contribution in [1.29, 1.82) is 0 Å². The SMILES string of the molecule is Cc1ccc(Nc2nccn2C)cc1C(F)(F)F. The van der Waals surface area contributed by atoms with Crippen LogP contribution in [0, 0.1) is 6.92 Å². The number of hydrogen-bond acceptors (Lipinski definition) is 2. The summed E-state index contributed by atoms with van der Waals surface area (Å²) >= 11 is 0. The molecule has 0 saturated carbocycles. The van der Waals surface area contributed by atoms with Crippen molar-refractivity contribution in [2.24, 2.45) is 7.05 Å². The molecule has 6 heteroatoms. The number of nitrogens with one attached hydrogen (secondary N) is 1. The van der Waals surface area contributed by atoms with Gasteiger partial charge in [0.15, 0.2) is 0 Å². The largest absolute Gasteiger partial charge is 0.416 e. The number of aryl methyl sites for hydroxylation is 2. The molecule has 0 spiro atoms. The summed E-state index contributed by atoms with van der Waals surface area (Å²) in [5, 5.41) is 2.84. The molecule has 1 heterocycles. The Balaban J connectivity index is 2.33. The van der Waals surface area contributed by atoms with E-state index in [0.717, 1.165) is 6.07 Å². The van der Waals surface area contributed by atoms with Crippen LogP contribution < -0.4 is 5.32 Å². The van der Waals surface area contributed by atoms with Gasteiger partial charge in [-0.05, 0) is 24.6 Å². The Morgan fingerprint density at radius 3 is 2.56 bits per heavy atom. The molecular weight excluding hydrogens is 243 g/mol. The molecule has 0 unspecified atom stereocenters. The molecule has 0 radical (unpaired) electrons. The number of anilines is 2. The fourth-order valence-corrected chi connectivity index (χ4v) is 1.62. The first-order valence-corrected chi connectivity index (χ1v) is 5.30. The monoisotopic (exact) mass is 255 g/mol. The van der Waals surface area contributed by atoms with E-state index in [9.17, 15) is 13.2 Å². The zero-order valence-electron chi connectivity index (χ0n) is 9.92. The molecule has 2 aromatic rings. The Hall–Kier alpha value is -1.98. The third-order valence-electron chi connectivity index (χ3n) is 2.62. The topological polar surface area (TPSA) is 29.9 Å². The number of alkyl halides is 3. The number of halogens is 3. The summed E-state index contributed by atoms with van der Waals surface area (Å²) in [5.74, 6) is 0.493. The molecule has 1 aromatic carbocycles. The lowest BCUT2D eigenvalue weighted by atomic mass is 10.1. The number of imidazole rings is 1. The van der Waals surface area contributed by atoms with Gasteiger partial charge < -0.3 is 9.88 Å². The standard InChI is InChI=1S/C12H12F3N3/c1-8-3-4-9(7-10(8)12(13,14)15)17-11-16-5-6-18(11)2/h3-7H,1-2H3,(H,16,17). The first-order valence-electron chi connectivity index (χ1n) is 5.30. The highest BCUT2D eigenvalue weighted by Gasteiger charge is 2.32. The van der Waals surface area contributed by atoms with E-state index in [2.05, 4.69) is 10.3 Å². The molecule has 0 bridgehead atoms. The predicted octanol–water partition coefficient (Wildman–Crippen LogP) is 3.49. The fraction of sp³-hybridized carbons (Fsp3) is 0.250. The molecule has 0 aliphatic rings. The molecule has 0 fully saturated rings. The molecular formula is C12H12F3N3. The number of benzene rings is 1. The van der Waals surface area contributed by atoms with Gasteiger partial charge in [-0.15, -0.1) is 0 Å². The minimum atomic E-state index is -4.34. The highest BCUT2D eigenvalue weighted by atomic mass is 19.4. The summed E-state index contributed by atoms with van der Waals surface area (Å²) < 4.78 is 39.9. The molecule has 0 saturated heterocycles. The van der Waals surface area contributed by atoms with Crippen LogP contribution in [-0.4, -0.2) is 9.55 Å². The minimum Gasteiger partial charge on any atom is -0.326 e. The molecule has 96 valence electrons. The number of rotatable bonds is 2. The van der Waals surface area contributed by atoms with Crippen LogP contribution in [0.1, 0.15) is 11.1 Å². The van der Waals surface area contributed by atoms with E-state index in [0.29, 0.717) is 11.6 Å². The Kier molecular flexibility index (Phi) is 3.02. The molecule has 0 aliphatic heterocycles. The lowest BCUT2D eigenvalue weighted by molar-refractivity contribution is -0.138. The number of hydrogen-bond donors (Lipinski definition) is 1. The van der Waals surface area contributed by atoms with Crippen molar-refractivity contribution in [3.63, 3.8) is 0 Å². The van der Waals surface area contributed by atoms with Gasteiger partial charge in [-0.1, -0.05) is 6.07 Å². The number of aromatic nitrogens is 2. The van der Waals surface area contributed by atoms with Crippen LogP contribution in [0.3, 0.4) is 0 Å². The second-order valence-corrected chi connectivity index (χ2v) is 4.01. The zero-order chi connectivity index (χ0) is 13.3. The quantitative estimate of drug-likeness (QED) is 0.890. The lowest BCUT2D eigenvalue weighted by Gasteiger charge is -2.13. The van der Waals surface area contributed by atoms with Gasteiger partial charge >= 0.3 is 6.18 Å². The molecule has 0 amide bonds. The van der Waals surface area contributed by atoms with Gasteiger partial charge in [-0.3, -0.25) is 0 Å². The van der Waals surface area contributed by atoms with Crippen LogP contribution >= 0.6 is 0 Å². The molecule has 3 nitrogen and oxygen atoms in total. The molecule has 0 aliphatic carbocycles. The minimum absolute atomic E-state index is 0.202. The fourth-order valence-electron chi connectivity index (χ4n) is 1.62. The van der Waals surface area contributed by atoms with E-state index in [1.165, 1.54) is 13.0 Å². The van der Waals surface area contributed by atoms with Gasteiger partial charge in [0.25, 0.3) is 0 Å². The third kappa shape index (κ3) is 2.47. The highest BCUT2D eigenvalue weighted by Crippen LogP contribution is 2.33. The maximum atomic E-state index is 12.7. The molecule has 18 heavy (non-hydrogen) atoms. The predicted molar refractivity (Wildman–Crippen MR) is 62.7 cm³/mol. The van der Waals surface area contributed by atoms with E-state index < -0.39 is 11.7 Å². The Morgan fingerprint density at radius 2 is 2.00 bits per heavy atom. The first-order chi connectivity index (χ1) is 8.38. The molecule has 1 N–H and O–H groups in total. The Bertz CT molecular complexity index is 558.